The summed E-state index contributed by atoms with van der Waals surface area (Å²) in [4.78, 5) is 37.3. The third kappa shape index (κ3) is 4.39. The SMILES string of the molecule is CNC(=O)c1ccc(NC(=O)c2ccc(CNC(=O)C34CC5CC(CC(C5)C3)C4)cc2)cc1. The zero-order chi connectivity index (χ0) is 23.0. The van der Waals surface area contributed by atoms with Crippen molar-refractivity contribution in [3.63, 3.8) is 0 Å². The minimum Gasteiger partial charge on any atom is -0.355 e. The molecule has 3 amide bonds. The molecule has 6 heteroatoms. The third-order valence-electron chi connectivity index (χ3n) is 7.82. The Labute approximate surface area is 194 Å². The summed E-state index contributed by atoms with van der Waals surface area (Å²) in [6.07, 6.45) is 7.17. The van der Waals surface area contributed by atoms with Crippen molar-refractivity contribution in [2.75, 3.05) is 12.4 Å². The lowest BCUT2D eigenvalue weighted by Gasteiger charge is -2.55. The Kier molecular flexibility index (Phi) is 5.69. The van der Waals surface area contributed by atoms with Gasteiger partial charge in [-0.3, -0.25) is 14.4 Å². The molecule has 2 aromatic rings. The van der Waals surface area contributed by atoms with Crippen LogP contribution in [0, 0.1) is 23.2 Å². The topological polar surface area (TPSA) is 87.3 Å². The van der Waals surface area contributed by atoms with E-state index in [0.29, 0.717) is 23.4 Å². The second-order valence-electron chi connectivity index (χ2n) is 10.2. The van der Waals surface area contributed by atoms with Crippen LogP contribution in [0.3, 0.4) is 0 Å². The van der Waals surface area contributed by atoms with Crippen LogP contribution in [0.1, 0.15) is 64.8 Å². The fourth-order valence-corrected chi connectivity index (χ4v) is 6.59. The van der Waals surface area contributed by atoms with Gasteiger partial charge in [-0.25, -0.2) is 0 Å². The first-order valence-corrected chi connectivity index (χ1v) is 11.9. The number of amides is 3. The second kappa shape index (κ2) is 8.65. The van der Waals surface area contributed by atoms with E-state index < -0.39 is 0 Å². The number of anilines is 1. The van der Waals surface area contributed by atoms with Gasteiger partial charge >= 0.3 is 0 Å². The van der Waals surface area contributed by atoms with E-state index in [-0.39, 0.29) is 23.1 Å². The lowest BCUT2D eigenvalue weighted by molar-refractivity contribution is -0.146. The van der Waals surface area contributed by atoms with Crippen molar-refractivity contribution in [3.05, 3.63) is 65.2 Å². The highest BCUT2D eigenvalue weighted by Crippen LogP contribution is 2.60. The summed E-state index contributed by atoms with van der Waals surface area (Å²) in [5.74, 6) is 2.09. The van der Waals surface area contributed by atoms with Crippen molar-refractivity contribution in [2.45, 2.75) is 45.1 Å². The summed E-state index contributed by atoms with van der Waals surface area (Å²) >= 11 is 0. The highest BCUT2D eigenvalue weighted by molar-refractivity contribution is 6.04. The molecule has 172 valence electrons. The number of carbonyl (C=O) groups excluding carboxylic acids is 3. The number of nitrogens with one attached hydrogen (secondary N) is 3. The predicted molar refractivity (Wildman–Crippen MR) is 127 cm³/mol. The van der Waals surface area contributed by atoms with E-state index in [9.17, 15) is 14.4 Å². The van der Waals surface area contributed by atoms with Gasteiger partial charge < -0.3 is 16.0 Å². The van der Waals surface area contributed by atoms with Crippen LogP contribution in [0.15, 0.2) is 48.5 Å². The van der Waals surface area contributed by atoms with E-state index in [0.717, 1.165) is 42.6 Å². The van der Waals surface area contributed by atoms with Gasteiger partial charge in [-0.2, -0.15) is 0 Å². The molecule has 6 nitrogen and oxygen atoms in total. The van der Waals surface area contributed by atoms with Crippen LogP contribution in [0.25, 0.3) is 0 Å². The average Bonchev–Trinajstić information content (AvgIpc) is 2.82. The molecule has 0 atom stereocenters. The number of hydrogen-bond acceptors (Lipinski definition) is 3. The molecule has 0 saturated heterocycles. The van der Waals surface area contributed by atoms with Crippen LogP contribution in [0.2, 0.25) is 0 Å². The minimum absolute atomic E-state index is 0.137. The lowest BCUT2D eigenvalue weighted by Crippen LogP contribution is -2.53. The van der Waals surface area contributed by atoms with Gasteiger partial charge in [0.2, 0.25) is 5.91 Å². The van der Waals surface area contributed by atoms with Gasteiger partial charge in [0, 0.05) is 35.8 Å². The fraction of sp³-hybridized carbons (Fsp3) is 0.444. The first-order valence-electron chi connectivity index (χ1n) is 11.9. The monoisotopic (exact) mass is 445 g/mol. The quantitative estimate of drug-likeness (QED) is 0.625. The molecule has 4 bridgehead atoms. The largest absolute Gasteiger partial charge is 0.355 e. The molecule has 0 aromatic heterocycles. The first kappa shape index (κ1) is 21.7. The molecule has 4 fully saturated rings. The minimum atomic E-state index is -0.216. The number of rotatable bonds is 6. The van der Waals surface area contributed by atoms with Gasteiger partial charge in [0.05, 0.1) is 0 Å². The van der Waals surface area contributed by atoms with Crippen molar-refractivity contribution >= 4 is 23.4 Å². The highest BCUT2D eigenvalue weighted by Gasteiger charge is 2.54. The molecule has 0 heterocycles. The summed E-state index contributed by atoms with van der Waals surface area (Å²) in [7, 11) is 1.58. The van der Waals surface area contributed by atoms with E-state index in [1.54, 1.807) is 43.4 Å². The van der Waals surface area contributed by atoms with E-state index in [4.69, 9.17) is 0 Å². The Morgan fingerprint density at radius 2 is 1.30 bits per heavy atom. The first-order chi connectivity index (χ1) is 15.9. The molecule has 3 N–H and O–H groups in total. The van der Waals surface area contributed by atoms with Gasteiger partial charge in [0.15, 0.2) is 0 Å². The van der Waals surface area contributed by atoms with Gasteiger partial charge in [-0.1, -0.05) is 12.1 Å². The van der Waals surface area contributed by atoms with Crippen molar-refractivity contribution in [3.8, 4) is 0 Å². The molecule has 4 saturated carbocycles. The molecule has 4 aliphatic rings. The summed E-state index contributed by atoms with van der Waals surface area (Å²) in [5.41, 5.74) is 2.55. The van der Waals surface area contributed by atoms with Gasteiger partial charge in [-0.05, 0) is 98.2 Å². The molecule has 4 aliphatic carbocycles. The summed E-state index contributed by atoms with van der Waals surface area (Å²) in [6.45, 7) is 0.490. The van der Waals surface area contributed by atoms with Crippen LogP contribution in [0.4, 0.5) is 5.69 Å². The van der Waals surface area contributed by atoms with Crippen LogP contribution in [-0.2, 0) is 11.3 Å². The van der Waals surface area contributed by atoms with Crippen LogP contribution >= 0.6 is 0 Å². The molecule has 0 radical (unpaired) electrons. The average molecular weight is 446 g/mol. The molecule has 0 unspecified atom stereocenters. The van der Waals surface area contributed by atoms with Gasteiger partial charge in [0.25, 0.3) is 11.8 Å². The Balaban J connectivity index is 1.16. The molecule has 6 rings (SSSR count). The molecular formula is C27H31N3O3. The fourth-order valence-electron chi connectivity index (χ4n) is 6.59. The molecule has 0 aliphatic heterocycles. The van der Waals surface area contributed by atoms with Crippen LogP contribution in [-0.4, -0.2) is 24.8 Å². The van der Waals surface area contributed by atoms with E-state index in [1.807, 2.05) is 12.1 Å². The lowest BCUT2D eigenvalue weighted by atomic mass is 9.49. The normalized spacial score (nSPS) is 27.1. The zero-order valence-corrected chi connectivity index (χ0v) is 19.0. The number of carbonyl (C=O) groups is 3. The second-order valence-corrected chi connectivity index (χ2v) is 10.2. The van der Waals surface area contributed by atoms with E-state index >= 15 is 0 Å². The van der Waals surface area contributed by atoms with Crippen molar-refractivity contribution in [2.24, 2.45) is 23.2 Å². The maximum absolute atomic E-state index is 13.1. The van der Waals surface area contributed by atoms with E-state index in [2.05, 4.69) is 16.0 Å². The highest BCUT2D eigenvalue weighted by atomic mass is 16.2. The standard InChI is InChI=1S/C27H31N3O3/c1-28-24(31)21-6-8-23(9-7-21)30-25(32)22-4-2-17(3-5-22)16-29-26(33)27-13-18-10-19(14-27)12-20(11-18)15-27/h2-9,18-20H,10-16H2,1H3,(H,28,31)(H,29,33)(H,30,32). The molecule has 0 spiro atoms. The molecule has 33 heavy (non-hydrogen) atoms. The summed E-state index contributed by atoms with van der Waals surface area (Å²) in [5, 5.41) is 8.61. The number of benzene rings is 2. The molecule has 2 aromatic carbocycles. The van der Waals surface area contributed by atoms with E-state index in [1.165, 1.54) is 19.3 Å². The van der Waals surface area contributed by atoms with Crippen molar-refractivity contribution in [1.82, 2.24) is 10.6 Å². The smallest absolute Gasteiger partial charge is 0.255 e. The van der Waals surface area contributed by atoms with Gasteiger partial charge in [0.1, 0.15) is 0 Å². The number of hydrogen-bond donors (Lipinski definition) is 3. The van der Waals surface area contributed by atoms with Crippen molar-refractivity contribution < 1.29 is 14.4 Å². The maximum Gasteiger partial charge on any atom is 0.255 e. The Bertz CT molecular complexity index is 1020. The Hall–Kier alpha value is -3.15. The van der Waals surface area contributed by atoms with Crippen LogP contribution < -0.4 is 16.0 Å². The van der Waals surface area contributed by atoms with Crippen molar-refractivity contribution in [1.29, 1.82) is 0 Å². The Morgan fingerprint density at radius 3 is 1.85 bits per heavy atom. The summed E-state index contributed by atoms with van der Waals surface area (Å²) in [6, 6.07) is 14.1. The molecular weight excluding hydrogens is 414 g/mol. The van der Waals surface area contributed by atoms with Gasteiger partial charge in [-0.15, -0.1) is 0 Å². The third-order valence-corrected chi connectivity index (χ3v) is 7.82. The maximum atomic E-state index is 13.1. The summed E-state index contributed by atoms with van der Waals surface area (Å²) < 4.78 is 0. The zero-order valence-electron chi connectivity index (χ0n) is 19.0. The predicted octanol–water partition coefficient (Wildman–Crippen LogP) is 4.13. The Morgan fingerprint density at radius 1 is 0.788 bits per heavy atom. The van der Waals surface area contributed by atoms with Crippen LogP contribution in [0.5, 0.6) is 0 Å².